The average Bonchev–Trinajstić information content (AvgIpc) is 2.73. The topological polar surface area (TPSA) is 44.4 Å². The number of hydrogen-bond acceptors (Lipinski definition) is 3. The van der Waals surface area contributed by atoms with Crippen molar-refractivity contribution in [2.75, 3.05) is 33.2 Å². The minimum atomic E-state index is -0.469. The Balaban J connectivity index is 2.28. The van der Waals surface area contributed by atoms with E-state index in [4.69, 9.17) is 0 Å². The second-order valence-electron chi connectivity index (χ2n) is 5.13. The van der Waals surface area contributed by atoms with E-state index in [-0.39, 0.29) is 5.91 Å². The number of likely N-dealkylation sites (tertiary alicyclic amines) is 1. The SMILES string of the molecule is CCN1CCC(CNC(=O)C(C)(C)NC)C1. The summed E-state index contributed by atoms with van der Waals surface area (Å²) >= 11 is 0. The van der Waals surface area contributed by atoms with Gasteiger partial charge in [0.2, 0.25) is 5.91 Å². The lowest BCUT2D eigenvalue weighted by Gasteiger charge is -2.24. The molecule has 1 saturated heterocycles. The number of carbonyl (C=O) groups is 1. The number of rotatable bonds is 5. The van der Waals surface area contributed by atoms with E-state index in [9.17, 15) is 4.79 Å². The van der Waals surface area contributed by atoms with Crippen LogP contribution in [0, 0.1) is 5.92 Å². The van der Waals surface area contributed by atoms with Gasteiger partial charge in [0, 0.05) is 13.1 Å². The van der Waals surface area contributed by atoms with Gasteiger partial charge in [0.1, 0.15) is 0 Å². The van der Waals surface area contributed by atoms with Crippen molar-refractivity contribution in [1.82, 2.24) is 15.5 Å². The highest BCUT2D eigenvalue weighted by Crippen LogP contribution is 2.14. The molecule has 0 aromatic rings. The number of carbonyl (C=O) groups excluding carboxylic acids is 1. The van der Waals surface area contributed by atoms with Gasteiger partial charge < -0.3 is 15.5 Å². The molecule has 1 rings (SSSR count). The lowest BCUT2D eigenvalue weighted by Crippen LogP contribution is -2.52. The Kier molecular flexibility index (Phi) is 4.74. The maximum absolute atomic E-state index is 11.8. The molecule has 0 aromatic heterocycles. The van der Waals surface area contributed by atoms with Crippen LogP contribution in [-0.4, -0.2) is 49.6 Å². The summed E-state index contributed by atoms with van der Waals surface area (Å²) in [5.41, 5.74) is -0.469. The highest BCUT2D eigenvalue weighted by Gasteiger charge is 2.27. The lowest BCUT2D eigenvalue weighted by atomic mass is 10.0. The van der Waals surface area contributed by atoms with E-state index in [0.717, 1.165) is 19.6 Å². The highest BCUT2D eigenvalue weighted by atomic mass is 16.2. The summed E-state index contributed by atoms with van der Waals surface area (Å²) in [5.74, 6) is 0.710. The first-order valence-corrected chi connectivity index (χ1v) is 6.19. The molecule has 4 nitrogen and oxygen atoms in total. The van der Waals surface area contributed by atoms with Crippen LogP contribution in [-0.2, 0) is 4.79 Å². The van der Waals surface area contributed by atoms with Crippen molar-refractivity contribution in [1.29, 1.82) is 0 Å². The van der Waals surface area contributed by atoms with Gasteiger partial charge in [-0.25, -0.2) is 0 Å². The molecule has 0 bridgehead atoms. The third kappa shape index (κ3) is 3.46. The smallest absolute Gasteiger partial charge is 0.239 e. The third-order valence-corrected chi connectivity index (χ3v) is 3.56. The third-order valence-electron chi connectivity index (χ3n) is 3.56. The number of amides is 1. The minimum absolute atomic E-state index is 0.0879. The highest BCUT2D eigenvalue weighted by molar-refractivity contribution is 5.85. The van der Waals surface area contributed by atoms with Gasteiger partial charge in [-0.15, -0.1) is 0 Å². The number of hydrogen-bond donors (Lipinski definition) is 2. The fourth-order valence-corrected chi connectivity index (χ4v) is 1.94. The monoisotopic (exact) mass is 227 g/mol. The molecule has 0 aliphatic carbocycles. The van der Waals surface area contributed by atoms with Gasteiger partial charge in [0.05, 0.1) is 5.54 Å². The van der Waals surface area contributed by atoms with E-state index in [2.05, 4.69) is 22.5 Å². The Hall–Kier alpha value is -0.610. The Bertz CT molecular complexity index is 240. The second kappa shape index (κ2) is 5.64. The fraction of sp³-hybridized carbons (Fsp3) is 0.917. The largest absolute Gasteiger partial charge is 0.354 e. The summed E-state index contributed by atoms with van der Waals surface area (Å²) in [4.78, 5) is 14.2. The normalized spacial score (nSPS) is 22.4. The molecule has 1 aliphatic rings. The number of nitrogens with zero attached hydrogens (tertiary/aromatic N) is 1. The molecule has 0 spiro atoms. The quantitative estimate of drug-likeness (QED) is 0.716. The molecule has 16 heavy (non-hydrogen) atoms. The van der Waals surface area contributed by atoms with Crippen molar-refractivity contribution in [3.05, 3.63) is 0 Å². The van der Waals surface area contributed by atoms with Crippen molar-refractivity contribution in [3.63, 3.8) is 0 Å². The fourth-order valence-electron chi connectivity index (χ4n) is 1.94. The van der Waals surface area contributed by atoms with Crippen LogP contribution >= 0.6 is 0 Å². The van der Waals surface area contributed by atoms with Crippen LogP contribution in [0.5, 0.6) is 0 Å². The molecule has 4 heteroatoms. The van der Waals surface area contributed by atoms with Gasteiger partial charge in [0.15, 0.2) is 0 Å². The molecule has 0 radical (unpaired) electrons. The number of likely N-dealkylation sites (N-methyl/N-ethyl adjacent to an activating group) is 1. The second-order valence-corrected chi connectivity index (χ2v) is 5.13. The maximum atomic E-state index is 11.8. The summed E-state index contributed by atoms with van der Waals surface area (Å²) in [6.45, 7) is 10.2. The maximum Gasteiger partial charge on any atom is 0.239 e. The van der Waals surface area contributed by atoms with Crippen LogP contribution in [0.15, 0.2) is 0 Å². The molecule has 1 unspecified atom stereocenters. The molecule has 2 N–H and O–H groups in total. The van der Waals surface area contributed by atoms with Crippen LogP contribution in [0.2, 0.25) is 0 Å². The molecule has 1 heterocycles. The summed E-state index contributed by atoms with van der Waals surface area (Å²) in [7, 11) is 1.81. The van der Waals surface area contributed by atoms with E-state index in [1.807, 2.05) is 20.9 Å². The summed E-state index contributed by atoms with van der Waals surface area (Å²) < 4.78 is 0. The Morgan fingerprint density at radius 1 is 1.50 bits per heavy atom. The standard InChI is InChI=1S/C12H25N3O/c1-5-15-7-6-10(9-15)8-14-11(16)12(2,3)13-4/h10,13H,5-9H2,1-4H3,(H,14,16). The first-order valence-electron chi connectivity index (χ1n) is 6.19. The van der Waals surface area contributed by atoms with Crippen molar-refractivity contribution in [2.45, 2.75) is 32.7 Å². The van der Waals surface area contributed by atoms with Crippen LogP contribution in [0.25, 0.3) is 0 Å². The average molecular weight is 227 g/mol. The zero-order chi connectivity index (χ0) is 12.2. The van der Waals surface area contributed by atoms with Crippen molar-refractivity contribution >= 4 is 5.91 Å². The van der Waals surface area contributed by atoms with E-state index in [1.165, 1.54) is 13.0 Å². The van der Waals surface area contributed by atoms with Gasteiger partial charge >= 0.3 is 0 Å². The molecule has 1 fully saturated rings. The molecule has 1 amide bonds. The van der Waals surface area contributed by atoms with Crippen molar-refractivity contribution < 1.29 is 4.79 Å². The molecule has 1 aliphatic heterocycles. The van der Waals surface area contributed by atoms with Crippen LogP contribution in [0.3, 0.4) is 0 Å². The van der Waals surface area contributed by atoms with E-state index in [1.54, 1.807) is 0 Å². The molecule has 0 aromatic carbocycles. The predicted octanol–water partition coefficient (Wildman–Crippen LogP) is 0.442. The van der Waals surface area contributed by atoms with E-state index < -0.39 is 5.54 Å². The van der Waals surface area contributed by atoms with Crippen LogP contribution in [0.1, 0.15) is 27.2 Å². The first-order chi connectivity index (χ1) is 7.49. The zero-order valence-electron chi connectivity index (χ0n) is 11.0. The summed E-state index contributed by atoms with van der Waals surface area (Å²) in [6, 6.07) is 0. The first kappa shape index (κ1) is 13.5. The van der Waals surface area contributed by atoms with E-state index in [0.29, 0.717) is 5.92 Å². The minimum Gasteiger partial charge on any atom is -0.354 e. The Morgan fingerprint density at radius 3 is 2.69 bits per heavy atom. The van der Waals surface area contributed by atoms with E-state index >= 15 is 0 Å². The van der Waals surface area contributed by atoms with Gasteiger partial charge in [-0.3, -0.25) is 4.79 Å². The predicted molar refractivity (Wildman–Crippen MR) is 66.4 cm³/mol. The van der Waals surface area contributed by atoms with Crippen molar-refractivity contribution in [2.24, 2.45) is 5.92 Å². The lowest BCUT2D eigenvalue weighted by molar-refractivity contribution is -0.126. The van der Waals surface area contributed by atoms with Crippen LogP contribution < -0.4 is 10.6 Å². The Labute approximate surface area is 98.8 Å². The molecular formula is C12H25N3O. The van der Waals surface area contributed by atoms with Crippen LogP contribution in [0.4, 0.5) is 0 Å². The van der Waals surface area contributed by atoms with Crippen molar-refractivity contribution in [3.8, 4) is 0 Å². The zero-order valence-corrected chi connectivity index (χ0v) is 11.0. The molecule has 0 saturated carbocycles. The Morgan fingerprint density at radius 2 is 2.19 bits per heavy atom. The van der Waals surface area contributed by atoms with Gasteiger partial charge in [-0.1, -0.05) is 6.92 Å². The summed E-state index contributed by atoms with van der Waals surface area (Å²) in [6.07, 6.45) is 1.20. The van der Waals surface area contributed by atoms with Gasteiger partial charge in [-0.05, 0) is 46.3 Å². The summed E-state index contributed by atoms with van der Waals surface area (Å²) in [5, 5.41) is 6.05. The molecular weight excluding hydrogens is 202 g/mol. The number of nitrogens with one attached hydrogen (secondary N) is 2. The van der Waals surface area contributed by atoms with Gasteiger partial charge in [0.25, 0.3) is 0 Å². The molecule has 1 atom stereocenters. The van der Waals surface area contributed by atoms with Gasteiger partial charge in [-0.2, -0.15) is 0 Å². The molecule has 94 valence electrons.